The van der Waals surface area contributed by atoms with Crippen molar-refractivity contribution in [1.82, 2.24) is 29.9 Å². The van der Waals surface area contributed by atoms with Crippen LogP contribution in [-0.4, -0.2) is 36.0 Å². The van der Waals surface area contributed by atoms with E-state index in [4.69, 9.17) is 10.00 Å². The van der Waals surface area contributed by atoms with E-state index in [2.05, 4.69) is 35.9 Å². The lowest BCUT2D eigenvalue weighted by molar-refractivity contribution is 0.262. The third-order valence-electron chi connectivity index (χ3n) is 5.70. The minimum absolute atomic E-state index is 0.248. The highest BCUT2D eigenvalue weighted by Gasteiger charge is 2.22. The number of carbonyl (C=O) groups is 1. The average Bonchev–Trinajstić information content (AvgIpc) is 3.61. The van der Waals surface area contributed by atoms with Crippen LogP contribution in [0, 0.1) is 11.3 Å². The zero-order valence-corrected chi connectivity index (χ0v) is 21.5. The maximum absolute atomic E-state index is 12.9. The van der Waals surface area contributed by atoms with Crippen molar-refractivity contribution in [1.29, 1.82) is 5.26 Å². The summed E-state index contributed by atoms with van der Waals surface area (Å²) >= 11 is 0. The Morgan fingerprint density at radius 1 is 1.00 bits per heavy atom. The van der Waals surface area contributed by atoms with Crippen LogP contribution >= 0.6 is 0 Å². The number of aromatic nitrogens is 6. The van der Waals surface area contributed by atoms with Gasteiger partial charge in [0.2, 0.25) is 0 Å². The highest BCUT2D eigenvalue weighted by molar-refractivity contribution is 5.99. The summed E-state index contributed by atoms with van der Waals surface area (Å²) in [6.45, 7) is 6.11. The third-order valence-corrected chi connectivity index (χ3v) is 5.70. The van der Waals surface area contributed by atoms with E-state index in [1.54, 1.807) is 71.9 Å². The molecule has 0 aliphatic heterocycles. The number of nitriles is 1. The van der Waals surface area contributed by atoms with Crippen molar-refractivity contribution in [2.75, 3.05) is 10.6 Å². The van der Waals surface area contributed by atoms with Crippen LogP contribution in [-0.2, 0) is 5.41 Å². The lowest BCUT2D eigenvalue weighted by Gasteiger charge is -2.14. The first-order chi connectivity index (χ1) is 18.8. The van der Waals surface area contributed by atoms with Gasteiger partial charge in [-0.2, -0.15) is 15.5 Å². The molecule has 0 spiro atoms. The van der Waals surface area contributed by atoms with Gasteiger partial charge in [0.25, 0.3) is 0 Å². The number of amides is 2. The SMILES string of the molecule is CC(C)(C)c1cc(NC(=O)Nc2ccc(Oc3ccnc(-c4cn[nH]c4)c3)cc2)n(-c2ccc(C#N)nc2)n1. The van der Waals surface area contributed by atoms with Crippen LogP contribution in [0.25, 0.3) is 16.9 Å². The summed E-state index contributed by atoms with van der Waals surface area (Å²) in [5.41, 5.74) is 3.63. The monoisotopic (exact) mass is 519 g/mol. The van der Waals surface area contributed by atoms with E-state index in [1.165, 1.54) is 0 Å². The van der Waals surface area contributed by atoms with Crippen molar-refractivity contribution in [3.05, 3.63) is 90.8 Å². The van der Waals surface area contributed by atoms with E-state index in [0.29, 0.717) is 34.4 Å². The second-order valence-electron chi connectivity index (χ2n) is 9.66. The molecule has 0 saturated carbocycles. The molecule has 11 heteroatoms. The average molecular weight is 520 g/mol. The molecule has 0 aliphatic carbocycles. The molecular weight excluding hydrogens is 494 g/mol. The molecule has 0 bridgehead atoms. The number of carbonyl (C=O) groups excluding carboxylic acids is 1. The topological polar surface area (TPSA) is 146 Å². The first-order valence-electron chi connectivity index (χ1n) is 12.1. The summed E-state index contributed by atoms with van der Waals surface area (Å²) in [6, 6.07) is 17.3. The number of hydrogen-bond acceptors (Lipinski definition) is 7. The van der Waals surface area contributed by atoms with Crippen LogP contribution in [0.3, 0.4) is 0 Å². The first kappa shape index (κ1) is 25.2. The number of nitrogens with one attached hydrogen (secondary N) is 3. The van der Waals surface area contributed by atoms with Crippen molar-refractivity contribution < 1.29 is 9.53 Å². The van der Waals surface area contributed by atoms with Gasteiger partial charge < -0.3 is 10.1 Å². The third kappa shape index (κ3) is 5.91. The normalized spacial score (nSPS) is 11.0. The number of nitrogens with zero attached hydrogens (tertiary/aromatic N) is 6. The largest absolute Gasteiger partial charge is 0.457 e. The molecule has 1 aromatic carbocycles. The maximum atomic E-state index is 12.9. The molecule has 4 heterocycles. The molecule has 5 rings (SSSR count). The summed E-state index contributed by atoms with van der Waals surface area (Å²) in [5.74, 6) is 1.70. The fourth-order valence-electron chi connectivity index (χ4n) is 3.66. The minimum atomic E-state index is -0.439. The molecule has 0 saturated heterocycles. The van der Waals surface area contributed by atoms with Gasteiger partial charge in [-0.3, -0.25) is 15.4 Å². The van der Waals surface area contributed by atoms with Crippen LogP contribution in [0.4, 0.5) is 16.3 Å². The van der Waals surface area contributed by atoms with Crippen molar-refractivity contribution >= 4 is 17.5 Å². The van der Waals surface area contributed by atoms with Crippen LogP contribution in [0.1, 0.15) is 32.2 Å². The molecule has 0 radical (unpaired) electrons. The number of hydrogen-bond donors (Lipinski definition) is 3. The van der Waals surface area contributed by atoms with Crippen molar-refractivity contribution in [3.63, 3.8) is 0 Å². The molecule has 3 N–H and O–H groups in total. The second-order valence-corrected chi connectivity index (χ2v) is 9.66. The molecule has 39 heavy (non-hydrogen) atoms. The first-order valence-corrected chi connectivity index (χ1v) is 12.1. The summed E-state index contributed by atoms with van der Waals surface area (Å²) in [7, 11) is 0. The van der Waals surface area contributed by atoms with Gasteiger partial charge in [-0.05, 0) is 42.5 Å². The summed E-state index contributed by atoms with van der Waals surface area (Å²) in [4.78, 5) is 21.3. The van der Waals surface area contributed by atoms with E-state index in [-0.39, 0.29) is 5.41 Å². The number of aromatic amines is 1. The summed E-state index contributed by atoms with van der Waals surface area (Å²) in [5, 5.41) is 26.1. The molecule has 4 aromatic heterocycles. The molecule has 11 nitrogen and oxygen atoms in total. The van der Waals surface area contributed by atoms with Crippen LogP contribution in [0.5, 0.6) is 11.5 Å². The van der Waals surface area contributed by atoms with Crippen molar-refractivity contribution in [3.8, 4) is 34.5 Å². The zero-order valence-electron chi connectivity index (χ0n) is 21.5. The van der Waals surface area contributed by atoms with Gasteiger partial charge in [-0.15, -0.1) is 0 Å². The van der Waals surface area contributed by atoms with E-state index in [9.17, 15) is 4.79 Å². The summed E-state index contributed by atoms with van der Waals surface area (Å²) in [6.07, 6.45) is 6.66. The molecule has 5 aromatic rings. The molecular formula is C28H25N9O2. The van der Waals surface area contributed by atoms with E-state index in [0.717, 1.165) is 17.0 Å². The standard InChI is InChI=1S/C28H25N9O2/c1-28(2,3)25-13-26(37(36-25)21-7-4-20(14-29)31-17-21)35-27(38)34-19-5-8-22(9-6-19)39-23-10-11-30-24(12-23)18-15-32-33-16-18/h4-13,15-17H,1-3H3,(H,32,33)(H2,34,35,38). The number of pyridine rings is 2. The molecule has 0 aliphatic rings. The predicted octanol–water partition coefficient (Wildman–Crippen LogP) is 5.66. The molecule has 0 fully saturated rings. The number of urea groups is 1. The van der Waals surface area contributed by atoms with E-state index >= 15 is 0 Å². The highest BCUT2D eigenvalue weighted by atomic mass is 16.5. The predicted molar refractivity (Wildman–Crippen MR) is 146 cm³/mol. The minimum Gasteiger partial charge on any atom is -0.457 e. The Bertz CT molecular complexity index is 1630. The van der Waals surface area contributed by atoms with Gasteiger partial charge in [0.1, 0.15) is 29.1 Å². The molecule has 194 valence electrons. The molecule has 2 amide bonds. The fourth-order valence-corrected chi connectivity index (χ4v) is 3.66. The van der Waals surface area contributed by atoms with Crippen LogP contribution in [0.2, 0.25) is 0 Å². The fraction of sp³-hybridized carbons (Fsp3) is 0.143. The van der Waals surface area contributed by atoms with E-state index in [1.807, 2.05) is 39.0 Å². The van der Waals surface area contributed by atoms with Crippen molar-refractivity contribution in [2.45, 2.75) is 26.2 Å². The highest BCUT2D eigenvalue weighted by Crippen LogP contribution is 2.28. The van der Waals surface area contributed by atoms with E-state index < -0.39 is 6.03 Å². The Hall–Kier alpha value is -5.50. The van der Waals surface area contributed by atoms with Crippen molar-refractivity contribution in [2.24, 2.45) is 0 Å². The Labute approximate surface area is 224 Å². The quantitative estimate of drug-likeness (QED) is 0.262. The second kappa shape index (κ2) is 10.5. The van der Waals surface area contributed by atoms with Crippen LogP contribution < -0.4 is 15.4 Å². The number of anilines is 2. The van der Waals surface area contributed by atoms with Gasteiger partial charge in [0.05, 0.1) is 29.5 Å². The number of benzene rings is 1. The number of ether oxygens (including phenoxy) is 1. The van der Waals surface area contributed by atoms with Gasteiger partial charge in [0.15, 0.2) is 0 Å². The van der Waals surface area contributed by atoms with Gasteiger partial charge in [-0.25, -0.2) is 14.5 Å². The lowest BCUT2D eigenvalue weighted by Crippen LogP contribution is -2.21. The Kier molecular flexibility index (Phi) is 6.75. The number of rotatable bonds is 6. The Balaban J connectivity index is 1.28. The van der Waals surface area contributed by atoms with Crippen LogP contribution in [0.15, 0.2) is 79.4 Å². The lowest BCUT2D eigenvalue weighted by atomic mass is 9.92. The smallest absolute Gasteiger partial charge is 0.324 e. The van der Waals surface area contributed by atoms with Gasteiger partial charge in [0, 0.05) is 41.2 Å². The Morgan fingerprint density at radius 3 is 2.49 bits per heavy atom. The zero-order chi connectivity index (χ0) is 27.4. The number of H-pyrrole nitrogens is 1. The molecule has 0 unspecified atom stereocenters. The van der Waals surface area contributed by atoms with Gasteiger partial charge >= 0.3 is 6.03 Å². The summed E-state index contributed by atoms with van der Waals surface area (Å²) < 4.78 is 7.55. The molecule has 0 atom stereocenters. The Morgan fingerprint density at radius 2 is 1.82 bits per heavy atom. The maximum Gasteiger partial charge on any atom is 0.324 e. The van der Waals surface area contributed by atoms with Gasteiger partial charge in [-0.1, -0.05) is 20.8 Å².